The number of anilines is 1. The maximum atomic E-state index is 5.81. The van der Waals surface area contributed by atoms with E-state index in [1.54, 1.807) is 17.5 Å². The molecule has 5 heteroatoms. The smallest absolute Gasteiger partial charge is 0.128 e. The molecule has 118 valence electrons. The number of likely N-dealkylation sites (N-methyl/N-ethyl adjacent to an activating group) is 1. The van der Waals surface area contributed by atoms with Gasteiger partial charge in [0.1, 0.15) is 18.2 Å². The number of aromatic nitrogens is 2. The molecule has 2 aromatic heterocycles. The van der Waals surface area contributed by atoms with Crippen molar-refractivity contribution in [2.45, 2.75) is 6.42 Å². The normalized spacial score (nSPS) is 10.5. The minimum Gasteiger partial charge on any atom is -0.492 e. The molecular formula is C18H19N3OS. The summed E-state index contributed by atoms with van der Waals surface area (Å²) in [6.45, 7) is 1.41. The van der Waals surface area contributed by atoms with Crippen LogP contribution in [-0.4, -0.2) is 30.2 Å². The second kappa shape index (κ2) is 7.74. The Morgan fingerprint density at radius 3 is 2.65 bits per heavy atom. The number of hydrogen-bond acceptors (Lipinski definition) is 5. The lowest BCUT2D eigenvalue weighted by molar-refractivity contribution is 0.325. The monoisotopic (exact) mass is 325 g/mol. The van der Waals surface area contributed by atoms with E-state index in [0.29, 0.717) is 6.61 Å². The summed E-state index contributed by atoms with van der Waals surface area (Å²) in [5.74, 6) is 1.84. The third-order valence-corrected chi connectivity index (χ3v) is 4.16. The average molecular weight is 325 g/mol. The van der Waals surface area contributed by atoms with Crippen molar-refractivity contribution in [2.24, 2.45) is 0 Å². The van der Waals surface area contributed by atoms with Gasteiger partial charge < -0.3 is 9.64 Å². The fourth-order valence-electron chi connectivity index (χ4n) is 2.23. The van der Waals surface area contributed by atoms with Gasteiger partial charge in [0, 0.05) is 25.0 Å². The highest BCUT2D eigenvalue weighted by Gasteiger charge is 2.02. The zero-order chi connectivity index (χ0) is 15.9. The quantitative estimate of drug-likeness (QED) is 0.665. The number of thiazole rings is 1. The van der Waals surface area contributed by atoms with Gasteiger partial charge in [-0.25, -0.2) is 9.97 Å². The van der Waals surface area contributed by atoms with E-state index in [0.717, 1.165) is 30.2 Å². The topological polar surface area (TPSA) is 38.2 Å². The van der Waals surface area contributed by atoms with Crippen LogP contribution >= 0.6 is 11.3 Å². The first kappa shape index (κ1) is 15.5. The highest BCUT2D eigenvalue weighted by Crippen LogP contribution is 2.15. The minimum atomic E-state index is 0.624. The Bertz CT molecular complexity index is 699. The molecular weight excluding hydrogens is 306 g/mol. The van der Waals surface area contributed by atoms with Gasteiger partial charge in [0.05, 0.1) is 17.7 Å². The van der Waals surface area contributed by atoms with E-state index in [4.69, 9.17) is 4.74 Å². The molecule has 3 aromatic rings. The number of benzene rings is 1. The maximum absolute atomic E-state index is 5.81. The van der Waals surface area contributed by atoms with E-state index in [-0.39, 0.29) is 0 Å². The molecule has 0 spiro atoms. The number of hydrogen-bond donors (Lipinski definition) is 0. The molecule has 23 heavy (non-hydrogen) atoms. The SMILES string of the molecule is CN(CCOc1ccc(Cc2cscn2)cc1)c1ccccn1. The van der Waals surface area contributed by atoms with Crippen molar-refractivity contribution in [3.8, 4) is 5.75 Å². The molecule has 0 saturated heterocycles. The van der Waals surface area contributed by atoms with E-state index in [1.165, 1.54) is 5.56 Å². The molecule has 2 heterocycles. The fourth-order valence-corrected chi connectivity index (χ4v) is 2.79. The standard InChI is InChI=1S/C18H19N3OS/c1-21(18-4-2-3-9-19-18)10-11-22-17-7-5-15(6-8-17)12-16-13-23-14-20-16/h2-9,13-14H,10-12H2,1H3. The van der Waals surface area contributed by atoms with Crippen LogP contribution in [0.25, 0.3) is 0 Å². The summed E-state index contributed by atoms with van der Waals surface area (Å²) in [6, 6.07) is 14.1. The van der Waals surface area contributed by atoms with Crippen molar-refractivity contribution < 1.29 is 4.74 Å². The van der Waals surface area contributed by atoms with Crippen LogP contribution in [0.2, 0.25) is 0 Å². The second-order valence-electron chi connectivity index (χ2n) is 5.26. The van der Waals surface area contributed by atoms with Gasteiger partial charge in [-0.3, -0.25) is 0 Å². The summed E-state index contributed by atoms with van der Waals surface area (Å²) in [5, 5.41) is 2.08. The van der Waals surface area contributed by atoms with E-state index >= 15 is 0 Å². The van der Waals surface area contributed by atoms with Crippen molar-refractivity contribution in [1.82, 2.24) is 9.97 Å². The van der Waals surface area contributed by atoms with Gasteiger partial charge in [-0.1, -0.05) is 18.2 Å². The van der Waals surface area contributed by atoms with Gasteiger partial charge in [-0.05, 0) is 29.8 Å². The van der Waals surface area contributed by atoms with Crippen molar-refractivity contribution >= 4 is 17.2 Å². The molecule has 0 fully saturated rings. The predicted molar refractivity (Wildman–Crippen MR) is 94.4 cm³/mol. The Labute approximate surface area is 140 Å². The number of nitrogens with zero attached hydrogens (tertiary/aromatic N) is 3. The second-order valence-corrected chi connectivity index (χ2v) is 5.98. The summed E-state index contributed by atoms with van der Waals surface area (Å²) in [5.41, 5.74) is 4.22. The molecule has 0 aliphatic carbocycles. The molecule has 4 nitrogen and oxygen atoms in total. The van der Waals surface area contributed by atoms with Crippen LogP contribution in [0.5, 0.6) is 5.75 Å². The number of rotatable bonds is 7. The van der Waals surface area contributed by atoms with E-state index in [9.17, 15) is 0 Å². The first-order chi connectivity index (χ1) is 11.3. The molecule has 0 bridgehead atoms. The summed E-state index contributed by atoms with van der Waals surface area (Å²) < 4.78 is 5.81. The molecule has 3 rings (SSSR count). The van der Waals surface area contributed by atoms with Gasteiger partial charge in [-0.15, -0.1) is 11.3 Å². The van der Waals surface area contributed by atoms with Gasteiger partial charge in [0.15, 0.2) is 0 Å². The Morgan fingerprint density at radius 1 is 1.09 bits per heavy atom. The Kier molecular flexibility index (Phi) is 5.21. The molecule has 0 amide bonds. The summed E-state index contributed by atoms with van der Waals surface area (Å²) in [6.07, 6.45) is 2.67. The maximum Gasteiger partial charge on any atom is 0.128 e. The van der Waals surface area contributed by atoms with Crippen LogP contribution in [0.4, 0.5) is 5.82 Å². The van der Waals surface area contributed by atoms with Crippen LogP contribution in [-0.2, 0) is 6.42 Å². The lowest BCUT2D eigenvalue weighted by Crippen LogP contribution is -2.24. The van der Waals surface area contributed by atoms with Crippen molar-refractivity contribution in [3.05, 3.63) is 70.8 Å². The fraction of sp³-hybridized carbons (Fsp3) is 0.222. The highest BCUT2D eigenvalue weighted by molar-refractivity contribution is 7.07. The first-order valence-corrected chi connectivity index (χ1v) is 8.46. The molecule has 0 atom stereocenters. The van der Waals surface area contributed by atoms with Crippen LogP contribution in [0.15, 0.2) is 59.6 Å². The molecule has 0 saturated carbocycles. The van der Waals surface area contributed by atoms with Crippen LogP contribution in [0, 0.1) is 0 Å². The third-order valence-electron chi connectivity index (χ3n) is 3.53. The molecule has 0 aliphatic rings. The molecule has 0 unspecified atom stereocenters. The van der Waals surface area contributed by atoms with Crippen molar-refractivity contribution in [3.63, 3.8) is 0 Å². The Morgan fingerprint density at radius 2 is 1.96 bits per heavy atom. The van der Waals surface area contributed by atoms with Crippen molar-refractivity contribution in [1.29, 1.82) is 0 Å². The minimum absolute atomic E-state index is 0.624. The third kappa shape index (κ3) is 4.53. The van der Waals surface area contributed by atoms with Crippen LogP contribution in [0.3, 0.4) is 0 Å². The lowest BCUT2D eigenvalue weighted by atomic mass is 10.1. The zero-order valence-corrected chi connectivity index (χ0v) is 13.9. The van der Waals surface area contributed by atoms with Gasteiger partial charge >= 0.3 is 0 Å². The largest absolute Gasteiger partial charge is 0.492 e. The van der Waals surface area contributed by atoms with Gasteiger partial charge in [0.25, 0.3) is 0 Å². The molecule has 0 N–H and O–H groups in total. The average Bonchev–Trinajstić information content (AvgIpc) is 3.10. The zero-order valence-electron chi connectivity index (χ0n) is 13.1. The molecule has 0 radical (unpaired) electrons. The van der Waals surface area contributed by atoms with E-state index < -0.39 is 0 Å². The Hall–Kier alpha value is -2.40. The summed E-state index contributed by atoms with van der Waals surface area (Å²) in [7, 11) is 2.02. The Balaban J connectivity index is 1.47. The highest BCUT2D eigenvalue weighted by atomic mass is 32.1. The summed E-state index contributed by atoms with van der Waals surface area (Å²) in [4.78, 5) is 10.7. The van der Waals surface area contributed by atoms with Crippen molar-refractivity contribution in [2.75, 3.05) is 25.1 Å². The van der Waals surface area contributed by atoms with Crippen LogP contribution in [0.1, 0.15) is 11.3 Å². The number of ether oxygens (including phenoxy) is 1. The predicted octanol–water partition coefficient (Wildman–Crippen LogP) is 3.64. The van der Waals surface area contributed by atoms with Gasteiger partial charge in [0.2, 0.25) is 0 Å². The molecule has 1 aromatic carbocycles. The molecule has 0 aliphatic heterocycles. The van der Waals surface area contributed by atoms with Crippen LogP contribution < -0.4 is 9.64 Å². The number of pyridine rings is 1. The van der Waals surface area contributed by atoms with E-state index in [1.807, 2.05) is 42.9 Å². The lowest BCUT2D eigenvalue weighted by Gasteiger charge is -2.18. The first-order valence-electron chi connectivity index (χ1n) is 7.52. The van der Waals surface area contributed by atoms with E-state index in [2.05, 4.69) is 32.4 Å². The summed E-state index contributed by atoms with van der Waals surface area (Å²) >= 11 is 1.63. The van der Waals surface area contributed by atoms with Gasteiger partial charge in [-0.2, -0.15) is 0 Å².